The van der Waals surface area contributed by atoms with Crippen molar-refractivity contribution in [1.82, 2.24) is 30.4 Å². The summed E-state index contributed by atoms with van der Waals surface area (Å²) in [6.07, 6.45) is 6.75. The highest BCUT2D eigenvalue weighted by Gasteiger charge is 2.08. The van der Waals surface area contributed by atoms with Crippen molar-refractivity contribution < 1.29 is 5.71 Å². The van der Waals surface area contributed by atoms with Crippen LogP contribution in [-0.2, 0) is 0 Å². The van der Waals surface area contributed by atoms with Crippen molar-refractivity contribution in [2.45, 2.75) is 86.7 Å². The molecule has 0 aliphatic heterocycles. The summed E-state index contributed by atoms with van der Waals surface area (Å²) in [6, 6.07) is 20.4. The number of hydrogen-bond acceptors (Lipinski definition) is 10. The highest BCUT2D eigenvalue weighted by Crippen LogP contribution is 2.15. The molecule has 2 atom stereocenters. The lowest BCUT2D eigenvalue weighted by Crippen LogP contribution is -2.19. The summed E-state index contributed by atoms with van der Waals surface area (Å²) in [6.45, 7) is 17.1. The van der Waals surface area contributed by atoms with Gasteiger partial charge in [0.2, 0.25) is 11.9 Å². The zero-order chi connectivity index (χ0) is 31.5. The second kappa shape index (κ2) is 19.7. The average molecular weight is 595 g/mol. The summed E-state index contributed by atoms with van der Waals surface area (Å²) in [5, 5.41) is 29.3. The van der Waals surface area contributed by atoms with E-state index in [0.29, 0.717) is 47.5 Å². The summed E-state index contributed by atoms with van der Waals surface area (Å²) in [4.78, 5) is 8.57. The van der Waals surface area contributed by atoms with E-state index in [1.54, 1.807) is 12.4 Å². The van der Waals surface area contributed by atoms with Crippen molar-refractivity contribution in [3.05, 3.63) is 73.1 Å². The molecule has 2 aromatic heterocycles. The predicted octanol–water partition coefficient (Wildman–Crippen LogP) is 9.32. The molecule has 0 aliphatic rings. The molecule has 0 amide bonds. The third-order valence-electron chi connectivity index (χ3n) is 5.97. The lowest BCUT2D eigenvalue weighted by molar-refractivity contribution is 0.526. The van der Waals surface area contributed by atoms with E-state index < -0.39 is 0 Å². The molecule has 0 fully saturated rings. The van der Waals surface area contributed by atoms with Gasteiger partial charge in [-0.15, -0.1) is 20.4 Å². The third kappa shape index (κ3) is 14.9. The molecule has 0 spiro atoms. The molecule has 2 unspecified atom stereocenters. The van der Waals surface area contributed by atoms with Crippen LogP contribution in [0.5, 0.6) is 0 Å². The maximum absolute atomic E-state index is 4.29. The molecule has 2 heterocycles. The molecule has 10 heteroatoms. The van der Waals surface area contributed by atoms with Crippen LogP contribution < -0.4 is 21.3 Å². The Bertz CT molecular complexity index is 1250. The number of nitrogens with zero attached hydrogens (tertiary/aromatic N) is 6. The Morgan fingerprint density at radius 2 is 1.00 bits per heavy atom. The lowest BCUT2D eigenvalue weighted by atomic mass is 10.0. The van der Waals surface area contributed by atoms with Gasteiger partial charge < -0.3 is 21.3 Å². The fourth-order valence-corrected chi connectivity index (χ4v) is 4.00. The molecule has 0 radical (unpaired) electrons. The summed E-state index contributed by atoms with van der Waals surface area (Å²) in [7, 11) is 0. The zero-order valence-electron chi connectivity index (χ0n) is 27.0. The molecular formula is C33H58N10. The maximum Gasteiger partial charge on any atom is 0.243 e. The van der Waals surface area contributed by atoms with Crippen LogP contribution in [0.25, 0.3) is 0 Å². The second-order valence-corrected chi connectivity index (χ2v) is 11.0. The topological polar surface area (TPSA) is 125 Å². The van der Waals surface area contributed by atoms with E-state index in [0.717, 1.165) is 24.2 Å². The molecule has 0 saturated heterocycles. The standard InChI is InChI=1S/C16H23N5.C15H21N5.C2H6.4H2/c1-12(2)9-10-13(3)18-16-17-11-15(20-21-16)19-14-7-5-4-6-8-14;1-11(2)9-12(3)17-15-16-10-14(19-20-15)18-13-7-5-4-6-8-13;1-2;;;;/h4-8,11-13H,9-10H2,1-3H3,(H,19,20)(H,17,18,21);4-8,10-12H,9H2,1-3H3,(H,18,19)(H,16,17,20);1-2H3;4*1H. The van der Waals surface area contributed by atoms with Gasteiger partial charge in [0, 0.05) is 29.2 Å². The van der Waals surface area contributed by atoms with Crippen molar-refractivity contribution in [2.75, 3.05) is 21.3 Å². The van der Waals surface area contributed by atoms with Crippen LogP contribution in [-0.4, -0.2) is 42.4 Å². The van der Waals surface area contributed by atoms with E-state index in [-0.39, 0.29) is 5.71 Å². The fraction of sp³-hybridized carbons (Fsp3) is 0.455. The quantitative estimate of drug-likeness (QED) is 0.119. The Balaban J connectivity index is -0.000000724. The zero-order valence-corrected chi connectivity index (χ0v) is 27.0. The summed E-state index contributed by atoms with van der Waals surface area (Å²) in [5.74, 6) is 3.77. The van der Waals surface area contributed by atoms with Crippen LogP contribution in [0.3, 0.4) is 0 Å². The van der Waals surface area contributed by atoms with Crippen LogP contribution in [0, 0.1) is 11.8 Å². The largest absolute Gasteiger partial charge is 0.350 e. The SMILES string of the molecule is CC.CC(C)CC(C)Nc1ncc(Nc2ccccc2)nn1.CC(C)CCC(C)Nc1ncc(Nc2ccccc2)nn1.[HH].[HH].[HH].[HH]. The summed E-state index contributed by atoms with van der Waals surface area (Å²) in [5.41, 5.74) is 1.94. The molecular weight excluding hydrogens is 536 g/mol. The molecule has 240 valence electrons. The van der Waals surface area contributed by atoms with Crippen LogP contribution in [0.15, 0.2) is 73.1 Å². The van der Waals surface area contributed by atoms with Gasteiger partial charge in [-0.2, -0.15) is 0 Å². The first-order valence-corrected chi connectivity index (χ1v) is 15.3. The molecule has 4 rings (SSSR count). The number of anilines is 6. The molecule has 0 aliphatic carbocycles. The third-order valence-corrected chi connectivity index (χ3v) is 5.97. The first kappa shape index (κ1) is 34.9. The Hall–Kier alpha value is -4.34. The number of nitrogens with one attached hydrogen (secondary N) is 4. The predicted molar refractivity (Wildman–Crippen MR) is 189 cm³/mol. The van der Waals surface area contributed by atoms with E-state index in [2.05, 4.69) is 93.2 Å². The van der Waals surface area contributed by atoms with Crippen molar-refractivity contribution >= 4 is 34.9 Å². The van der Waals surface area contributed by atoms with Gasteiger partial charge >= 0.3 is 0 Å². The number of para-hydroxylation sites is 2. The van der Waals surface area contributed by atoms with Crippen molar-refractivity contribution in [1.29, 1.82) is 0 Å². The second-order valence-electron chi connectivity index (χ2n) is 11.0. The van der Waals surface area contributed by atoms with Gasteiger partial charge in [0.25, 0.3) is 0 Å². The number of hydrogen-bond donors (Lipinski definition) is 4. The van der Waals surface area contributed by atoms with Crippen LogP contribution in [0.2, 0.25) is 0 Å². The van der Waals surface area contributed by atoms with Crippen LogP contribution in [0.4, 0.5) is 34.9 Å². The lowest BCUT2D eigenvalue weighted by Gasteiger charge is -2.15. The maximum atomic E-state index is 4.29. The number of benzene rings is 2. The molecule has 0 saturated carbocycles. The highest BCUT2D eigenvalue weighted by molar-refractivity contribution is 5.55. The van der Waals surface area contributed by atoms with Gasteiger partial charge in [-0.3, -0.25) is 0 Å². The van der Waals surface area contributed by atoms with Gasteiger partial charge in [0.15, 0.2) is 11.6 Å². The van der Waals surface area contributed by atoms with Gasteiger partial charge in [-0.1, -0.05) is 77.9 Å². The molecule has 0 bridgehead atoms. The minimum Gasteiger partial charge on any atom is -0.350 e. The molecule has 4 aromatic rings. The van der Waals surface area contributed by atoms with E-state index >= 15 is 0 Å². The fourth-order valence-electron chi connectivity index (χ4n) is 4.00. The van der Waals surface area contributed by atoms with Crippen molar-refractivity contribution in [3.63, 3.8) is 0 Å². The van der Waals surface area contributed by atoms with Crippen molar-refractivity contribution in [2.24, 2.45) is 11.8 Å². The molecule has 43 heavy (non-hydrogen) atoms. The highest BCUT2D eigenvalue weighted by atomic mass is 15.3. The van der Waals surface area contributed by atoms with Crippen LogP contribution in [0.1, 0.15) is 80.4 Å². The van der Waals surface area contributed by atoms with Gasteiger partial charge in [-0.05, 0) is 69.2 Å². The van der Waals surface area contributed by atoms with Gasteiger partial charge in [0.05, 0.1) is 12.4 Å². The van der Waals surface area contributed by atoms with Crippen LogP contribution >= 0.6 is 0 Å². The van der Waals surface area contributed by atoms with Crippen molar-refractivity contribution in [3.8, 4) is 0 Å². The first-order valence-electron chi connectivity index (χ1n) is 15.3. The minimum atomic E-state index is 0. The Labute approximate surface area is 263 Å². The minimum absolute atomic E-state index is 0. The Morgan fingerprint density at radius 1 is 0.558 bits per heavy atom. The Kier molecular flexibility index (Phi) is 16.0. The number of rotatable bonds is 13. The summed E-state index contributed by atoms with van der Waals surface area (Å²) >= 11 is 0. The monoisotopic (exact) mass is 594 g/mol. The normalized spacial score (nSPS) is 11.8. The molecule has 10 nitrogen and oxygen atoms in total. The smallest absolute Gasteiger partial charge is 0.243 e. The first-order chi connectivity index (χ1) is 20.8. The molecule has 4 N–H and O–H groups in total. The van der Waals surface area contributed by atoms with E-state index in [9.17, 15) is 0 Å². The van der Waals surface area contributed by atoms with E-state index in [4.69, 9.17) is 0 Å². The average Bonchev–Trinajstić information content (AvgIpc) is 3.00. The van der Waals surface area contributed by atoms with E-state index in [1.807, 2.05) is 74.5 Å². The number of aromatic nitrogens is 6. The molecule has 2 aromatic carbocycles. The van der Waals surface area contributed by atoms with E-state index in [1.165, 1.54) is 6.42 Å². The Morgan fingerprint density at radius 3 is 1.37 bits per heavy atom. The van der Waals surface area contributed by atoms with Gasteiger partial charge in [0.1, 0.15) is 0 Å². The van der Waals surface area contributed by atoms with Gasteiger partial charge in [-0.25, -0.2) is 9.97 Å². The summed E-state index contributed by atoms with van der Waals surface area (Å²) < 4.78 is 0.